The third-order valence-electron chi connectivity index (χ3n) is 3.24. The minimum atomic E-state index is -1.54. The Hall–Kier alpha value is -2.03. The first kappa shape index (κ1) is 13.4. The summed E-state index contributed by atoms with van der Waals surface area (Å²) in [6, 6.07) is -0.766. The van der Waals surface area contributed by atoms with Crippen LogP contribution >= 0.6 is 0 Å². The molecular weight excluding hydrogens is 256 g/mol. The first-order chi connectivity index (χ1) is 8.95. The molecule has 9 heteroatoms. The maximum Gasteiger partial charge on any atom is 0.407 e. The summed E-state index contributed by atoms with van der Waals surface area (Å²) in [6.07, 6.45) is -0.215. The van der Waals surface area contributed by atoms with E-state index in [1.54, 1.807) is 0 Å². The number of likely N-dealkylation sites (tertiary alicyclic amines) is 1. The lowest BCUT2D eigenvalue weighted by molar-refractivity contribution is -0.166. The van der Waals surface area contributed by atoms with Gasteiger partial charge in [0.25, 0.3) is 5.91 Å². The molecule has 0 bridgehead atoms. The highest BCUT2D eigenvalue weighted by Gasteiger charge is 2.50. The first-order valence-electron chi connectivity index (χ1n) is 5.91. The standard InChI is InChI=1S/C10H16N4O5/c11-7(15)10(2-1-3-14(10)8(12)16)18-5-6-4-13-9(17)19-6/h6H,1-5H2,(H2,11,15)(H2,12,16)(H,13,17). The number of alkyl carbamates (subject to hydrolysis) is 1. The Kier molecular flexibility index (Phi) is 3.47. The van der Waals surface area contributed by atoms with Gasteiger partial charge in [0.05, 0.1) is 13.2 Å². The molecule has 4 amide bonds. The zero-order chi connectivity index (χ0) is 14.0. The molecule has 0 radical (unpaired) electrons. The third kappa shape index (κ3) is 2.41. The minimum Gasteiger partial charge on any atom is -0.442 e. The number of primary amides is 2. The molecular formula is C10H16N4O5. The summed E-state index contributed by atoms with van der Waals surface area (Å²) >= 11 is 0. The number of hydrogen-bond acceptors (Lipinski definition) is 5. The van der Waals surface area contributed by atoms with E-state index in [1.165, 1.54) is 0 Å². The number of nitrogens with two attached hydrogens (primary N) is 2. The number of ether oxygens (including phenoxy) is 2. The van der Waals surface area contributed by atoms with Crippen molar-refractivity contribution in [2.75, 3.05) is 19.7 Å². The lowest BCUT2D eigenvalue weighted by Crippen LogP contribution is -2.59. The van der Waals surface area contributed by atoms with Crippen LogP contribution in [0.15, 0.2) is 0 Å². The summed E-state index contributed by atoms with van der Waals surface area (Å²) in [5, 5.41) is 2.46. The fourth-order valence-electron chi connectivity index (χ4n) is 2.31. The molecule has 2 aliphatic heterocycles. The van der Waals surface area contributed by atoms with Crippen LogP contribution in [-0.2, 0) is 14.3 Å². The van der Waals surface area contributed by atoms with Gasteiger partial charge < -0.3 is 26.3 Å². The molecule has 2 aliphatic rings. The molecule has 9 nitrogen and oxygen atoms in total. The fraction of sp³-hybridized carbons (Fsp3) is 0.700. The van der Waals surface area contributed by atoms with Gasteiger partial charge in [-0.2, -0.15) is 0 Å². The van der Waals surface area contributed by atoms with Crippen molar-refractivity contribution >= 4 is 18.0 Å². The van der Waals surface area contributed by atoms with Crippen LogP contribution in [0.5, 0.6) is 0 Å². The topological polar surface area (TPSA) is 137 Å². The van der Waals surface area contributed by atoms with Gasteiger partial charge in [0.1, 0.15) is 6.10 Å². The smallest absolute Gasteiger partial charge is 0.407 e. The molecule has 5 N–H and O–H groups in total. The van der Waals surface area contributed by atoms with E-state index >= 15 is 0 Å². The quantitative estimate of drug-likeness (QED) is 0.570. The average molecular weight is 272 g/mol. The van der Waals surface area contributed by atoms with Crippen molar-refractivity contribution < 1.29 is 23.9 Å². The van der Waals surface area contributed by atoms with Crippen molar-refractivity contribution in [2.24, 2.45) is 11.5 Å². The van der Waals surface area contributed by atoms with Crippen LogP contribution in [0, 0.1) is 0 Å². The molecule has 2 atom stereocenters. The number of nitrogens with zero attached hydrogens (tertiary/aromatic N) is 1. The highest BCUT2D eigenvalue weighted by molar-refractivity contribution is 5.88. The van der Waals surface area contributed by atoms with Gasteiger partial charge in [-0.1, -0.05) is 0 Å². The number of cyclic esters (lactones) is 1. The van der Waals surface area contributed by atoms with Gasteiger partial charge in [0.15, 0.2) is 0 Å². The molecule has 2 saturated heterocycles. The van der Waals surface area contributed by atoms with Crippen molar-refractivity contribution in [3.8, 4) is 0 Å². The van der Waals surface area contributed by atoms with E-state index < -0.39 is 29.9 Å². The van der Waals surface area contributed by atoms with Crippen LogP contribution in [0.25, 0.3) is 0 Å². The Morgan fingerprint density at radius 1 is 1.53 bits per heavy atom. The monoisotopic (exact) mass is 272 g/mol. The van der Waals surface area contributed by atoms with Crippen molar-refractivity contribution in [1.82, 2.24) is 10.2 Å². The molecule has 0 aromatic rings. The summed E-state index contributed by atoms with van der Waals surface area (Å²) < 4.78 is 10.4. The second kappa shape index (κ2) is 4.92. The number of carbonyl (C=O) groups excluding carboxylic acids is 3. The van der Waals surface area contributed by atoms with Crippen LogP contribution < -0.4 is 16.8 Å². The van der Waals surface area contributed by atoms with E-state index in [0.29, 0.717) is 13.0 Å². The highest BCUT2D eigenvalue weighted by Crippen LogP contribution is 2.30. The second-order valence-corrected chi connectivity index (χ2v) is 4.46. The van der Waals surface area contributed by atoms with Crippen LogP contribution in [0.2, 0.25) is 0 Å². The number of hydrogen-bond donors (Lipinski definition) is 3. The molecule has 2 fully saturated rings. The normalized spacial score (nSPS) is 30.0. The molecule has 2 rings (SSSR count). The van der Waals surface area contributed by atoms with E-state index in [0.717, 1.165) is 4.90 Å². The molecule has 0 aromatic carbocycles. The summed E-state index contributed by atoms with van der Waals surface area (Å²) in [5.41, 5.74) is 9.01. The largest absolute Gasteiger partial charge is 0.442 e. The molecule has 0 aliphatic carbocycles. The van der Waals surface area contributed by atoms with Gasteiger partial charge in [-0.05, 0) is 6.42 Å². The van der Waals surface area contributed by atoms with Crippen molar-refractivity contribution in [3.63, 3.8) is 0 Å². The molecule has 2 heterocycles. The van der Waals surface area contributed by atoms with Crippen LogP contribution in [0.4, 0.5) is 9.59 Å². The first-order valence-corrected chi connectivity index (χ1v) is 5.91. The Bertz CT molecular complexity index is 415. The van der Waals surface area contributed by atoms with E-state index in [4.69, 9.17) is 20.9 Å². The number of rotatable bonds is 4. The lowest BCUT2D eigenvalue weighted by Gasteiger charge is -2.34. The summed E-state index contributed by atoms with van der Waals surface area (Å²) in [7, 11) is 0. The average Bonchev–Trinajstić information content (AvgIpc) is 2.93. The van der Waals surface area contributed by atoms with E-state index in [-0.39, 0.29) is 19.6 Å². The zero-order valence-electron chi connectivity index (χ0n) is 10.3. The van der Waals surface area contributed by atoms with Gasteiger partial charge in [-0.15, -0.1) is 0 Å². The third-order valence-corrected chi connectivity index (χ3v) is 3.24. The van der Waals surface area contributed by atoms with Crippen LogP contribution in [-0.4, -0.2) is 54.5 Å². The number of urea groups is 1. The van der Waals surface area contributed by atoms with E-state index in [1.807, 2.05) is 0 Å². The Morgan fingerprint density at radius 3 is 2.79 bits per heavy atom. The van der Waals surface area contributed by atoms with Gasteiger partial charge in [0, 0.05) is 13.0 Å². The van der Waals surface area contributed by atoms with Crippen LogP contribution in [0.1, 0.15) is 12.8 Å². The van der Waals surface area contributed by atoms with Crippen molar-refractivity contribution in [3.05, 3.63) is 0 Å². The van der Waals surface area contributed by atoms with E-state index in [2.05, 4.69) is 5.32 Å². The number of nitrogens with one attached hydrogen (secondary N) is 1. The lowest BCUT2D eigenvalue weighted by atomic mass is 10.1. The maximum absolute atomic E-state index is 11.6. The Morgan fingerprint density at radius 2 is 2.26 bits per heavy atom. The predicted molar refractivity (Wildman–Crippen MR) is 61.7 cm³/mol. The van der Waals surface area contributed by atoms with Gasteiger partial charge >= 0.3 is 12.1 Å². The molecule has 106 valence electrons. The number of amides is 4. The summed E-state index contributed by atoms with van der Waals surface area (Å²) in [5.74, 6) is -0.777. The highest BCUT2D eigenvalue weighted by atomic mass is 16.6. The van der Waals surface area contributed by atoms with E-state index in [9.17, 15) is 14.4 Å². The SMILES string of the molecule is NC(=O)N1CCCC1(OCC1CNC(=O)O1)C(N)=O. The Labute approximate surface area is 109 Å². The molecule has 19 heavy (non-hydrogen) atoms. The molecule has 0 aromatic heterocycles. The Balaban J connectivity index is 2.05. The maximum atomic E-state index is 11.6. The van der Waals surface area contributed by atoms with Gasteiger partial charge in [0.2, 0.25) is 5.72 Å². The van der Waals surface area contributed by atoms with Gasteiger partial charge in [-0.3, -0.25) is 9.69 Å². The van der Waals surface area contributed by atoms with Crippen molar-refractivity contribution in [1.29, 1.82) is 0 Å². The second-order valence-electron chi connectivity index (χ2n) is 4.46. The predicted octanol–water partition coefficient (Wildman–Crippen LogP) is -1.53. The van der Waals surface area contributed by atoms with Gasteiger partial charge in [-0.25, -0.2) is 9.59 Å². The minimum absolute atomic E-state index is 0.0363. The molecule has 0 spiro atoms. The number of carbonyl (C=O) groups is 3. The molecule has 0 saturated carbocycles. The molecule has 2 unspecified atom stereocenters. The summed E-state index contributed by atoms with van der Waals surface area (Å²) in [6.45, 7) is 0.552. The van der Waals surface area contributed by atoms with Crippen molar-refractivity contribution in [2.45, 2.75) is 24.7 Å². The summed E-state index contributed by atoms with van der Waals surface area (Å²) in [4.78, 5) is 34.9. The zero-order valence-corrected chi connectivity index (χ0v) is 10.3. The fourth-order valence-corrected chi connectivity index (χ4v) is 2.31. The van der Waals surface area contributed by atoms with Crippen LogP contribution in [0.3, 0.4) is 0 Å².